The standard InChI is InChI=1S/C22H23BrN4O4/c1-5-19-25-17-10-9-15(23)11-16(17)21(28)26(19)24-12-14-7-6-8-18(27(29)30)20(14)31-13-22(2,3)4/h6-12H,5,13H2,1-4H3. The molecule has 0 aliphatic rings. The molecule has 0 atom stereocenters. The number of hydrogen-bond donors (Lipinski definition) is 0. The van der Waals surface area contributed by atoms with E-state index in [0.29, 0.717) is 28.7 Å². The van der Waals surface area contributed by atoms with E-state index in [1.807, 2.05) is 33.8 Å². The molecule has 0 aliphatic heterocycles. The Morgan fingerprint density at radius 3 is 2.68 bits per heavy atom. The Balaban J connectivity index is 2.12. The van der Waals surface area contributed by atoms with Crippen molar-refractivity contribution < 1.29 is 9.66 Å². The summed E-state index contributed by atoms with van der Waals surface area (Å²) in [6.45, 7) is 8.08. The van der Waals surface area contributed by atoms with Crippen LogP contribution >= 0.6 is 15.9 Å². The topological polar surface area (TPSA) is 99.6 Å². The smallest absolute Gasteiger partial charge is 0.311 e. The number of nitro benzene ring substituents is 1. The van der Waals surface area contributed by atoms with E-state index in [4.69, 9.17) is 4.74 Å². The molecular formula is C22H23BrN4O4. The number of para-hydroxylation sites is 1. The number of benzene rings is 2. The van der Waals surface area contributed by atoms with Gasteiger partial charge in [-0.1, -0.05) is 49.7 Å². The lowest BCUT2D eigenvalue weighted by Gasteiger charge is -2.19. The molecule has 3 rings (SSSR count). The number of nitro groups is 1. The zero-order valence-corrected chi connectivity index (χ0v) is 19.3. The molecule has 0 aliphatic carbocycles. The van der Waals surface area contributed by atoms with Crippen LogP contribution in [0.2, 0.25) is 0 Å². The van der Waals surface area contributed by atoms with Crippen LogP contribution in [-0.4, -0.2) is 27.4 Å². The fourth-order valence-electron chi connectivity index (χ4n) is 2.90. The fraction of sp³-hybridized carbons (Fsp3) is 0.318. The van der Waals surface area contributed by atoms with E-state index < -0.39 is 4.92 Å². The zero-order chi connectivity index (χ0) is 22.8. The quantitative estimate of drug-likeness (QED) is 0.279. The van der Waals surface area contributed by atoms with Crippen LogP contribution < -0.4 is 10.3 Å². The Hall–Kier alpha value is -3.07. The summed E-state index contributed by atoms with van der Waals surface area (Å²) in [5, 5.41) is 16.3. The van der Waals surface area contributed by atoms with Gasteiger partial charge in [-0.3, -0.25) is 14.9 Å². The summed E-state index contributed by atoms with van der Waals surface area (Å²) in [4.78, 5) is 28.6. The SMILES string of the molecule is CCc1nc2ccc(Br)cc2c(=O)n1N=Cc1cccc([N+](=O)[O-])c1OCC(C)(C)C. The van der Waals surface area contributed by atoms with Crippen LogP contribution in [0.5, 0.6) is 5.75 Å². The number of aryl methyl sites for hydroxylation is 1. The predicted octanol–water partition coefficient (Wildman–Crippen LogP) is 4.94. The summed E-state index contributed by atoms with van der Waals surface area (Å²) >= 11 is 3.37. The second-order valence-electron chi connectivity index (χ2n) is 8.21. The van der Waals surface area contributed by atoms with Gasteiger partial charge < -0.3 is 4.74 Å². The molecule has 0 fully saturated rings. The normalized spacial score (nSPS) is 11.9. The monoisotopic (exact) mass is 486 g/mol. The maximum absolute atomic E-state index is 13.0. The number of ether oxygens (including phenoxy) is 1. The number of hydrogen-bond acceptors (Lipinski definition) is 6. The van der Waals surface area contributed by atoms with Crippen LogP contribution in [0.4, 0.5) is 5.69 Å². The largest absolute Gasteiger partial charge is 0.486 e. The van der Waals surface area contributed by atoms with E-state index in [0.717, 1.165) is 4.47 Å². The number of aromatic nitrogens is 2. The third-order valence-corrected chi connectivity index (χ3v) is 4.87. The van der Waals surface area contributed by atoms with Crippen molar-refractivity contribution >= 4 is 38.7 Å². The van der Waals surface area contributed by atoms with Gasteiger partial charge in [0.2, 0.25) is 5.75 Å². The van der Waals surface area contributed by atoms with Crippen LogP contribution in [0.25, 0.3) is 10.9 Å². The van der Waals surface area contributed by atoms with Crippen LogP contribution in [0.15, 0.2) is 50.8 Å². The molecule has 0 saturated heterocycles. The first-order valence-corrected chi connectivity index (χ1v) is 10.6. The van der Waals surface area contributed by atoms with Crippen molar-refractivity contribution in [3.05, 3.63) is 72.7 Å². The van der Waals surface area contributed by atoms with Crippen molar-refractivity contribution in [2.75, 3.05) is 6.61 Å². The van der Waals surface area contributed by atoms with Gasteiger partial charge in [0.25, 0.3) is 5.56 Å². The number of nitrogens with zero attached hydrogens (tertiary/aromatic N) is 4. The highest BCUT2D eigenvalue weighted by atomic mass is 79.9. The maximum atomic E-state index is 13.0. The number of fused-ring (bicyclic) bond motifs is 1. The lowest BCUT2D eigenvalue weighted by molar-refractivity contribution is -0.386. The van der Waals surface area contributed by atoms with Gasteiger partial charge in [-0.05, 0) is 29.7 Å². The molecule has 31 heavy (non-hydrogen) atoms. The van der Waals surface area contributed by atoms with Gasteiger partial charge in [0.1, 0.15) is 5.82 Å². The zero-order valence-electron chi connectivity index (χ0n) is 17.8. The molecular weight excluding hydrogens is 464 g/mol. The van der Waals surface area contributed by atoms with E-state index in [9.17, 15) is 14.9 Å². The number of halogens is 1. The minimum atomic E-state index is -0.492. The average molecular weight is 487 g/mol. The highest BCUT2D eigenvalue weighted by molar-refractivity contribution is 9.10. The van der Waals surface area contributed by atoms with Crippen LogP contribution in [0.1, 0.15) is 39.1 Å². The Morgan fingerprint density at radius 2 is 2.03 bits per heavy atom. The molecule has 2 aromatic carbocycles. The molecule has 0 amide bonds. The van der Waals surface area contributed by atoms with E-state index in [-0.39, 0.29) is 29.0 Å². The molecule has 3 aromatic rings. The molecule has 162 valence electrons. The summed E-state index contributed by atoms with van der Waals surface area (Å²) in [6.07, 6.45) is 1.89. The Bertz CT molecular complexity index is 1230. The summed E-state index contributed by atoms with van der Waals surface area (Å²) in [7, 11) is 0. The van der Waals surface area contributed by atoms with Crippen LogP contribution in [-0.2, 0) is 6.42 Å². The van der Waals surface area contributed by atoms with E-state index in [2.05, 4.69) is 26.0 Å². The van der Waals surface area contributed by atoms with Gasteiger partial charge in [-0.25, -0.2) is 4.98 Å². The predicted molar refractivity (Wildman–Crippen MR) is 124 cm³/mol. The third kappa shape index (κ3) is 5.16. The summed E-state index contributed by atoms with van der Waals surface area (Å²) in [5.74, 6) is 0.604. The number of rotatable bonds is 6. The average Bonchev–Trinajstić information content (AvgIpc) is 2.71. The molecule has 9 heteroatoms. The van der Waals surface area contributed by atoms with E-state index >= 15 is 0 Å². The van der Waals surface area contributed by atoms with Gasteiger partial charge in [-0.2, -0.15) is 9.78 Å². The van der Waals surface area contributed by atoms with E-state index in [1.165, 1.54) is 17.0 Å². The second kappa shape index (κ2) is 8.97. The molecule has 1 aromatic heterocycles. The summed E-state index contributed by atoms with van der Waals surface area (Å²) in [5.41, 5.74) is 0.321. The van der Waals surface area contributed by atoms with Gasteiger partial charge in [0.05, 0.1) is 28.6 Å². The molecule has 0 saturated carbocycles. The lowest BCUT2D eigenvalue weighted by Crippen LogP contribution is -2.22. The highest BCUT2D eigenvalue weighted by Crippen LogP contribution is 2.31. The first-order valence-electron chi connectivity index (χ1n) is 9.76. The maximum Gasteiger partial charge on any atom is 0.311 e. The van der Waals surface area contributed by atoms with Gasteiger partial charge in [-0.15, -0.1) is 0 Å². The van der Waals surface area contributed by atoms with Gasteiger partial charge >= 0.3 is 5.69 Å². The van der Waals surface area contributed by atoms with E-state index in [1.54, 1.807) is 24.3 Å². The minimum Gasteiger partial charge on any atom is -0.486 e. The summed E-state index contributed by atoms with van der Waals surface area (Å²) < 4.78 is 7.80. The Labute approximate surface area is 187 Å². The molecule has 8 nitrogen and oxygen atoms in total. The third-order valence-electron chi connectivity index (χ3n) is 4.37. The van der Waals surface area contributed by atoms with Crippen molar-refractivity contribution in [1.29, 1.82) is 0 Å². The van der Waals surface area contributed by atoms with Gasteiger partial charge in [0.15, 0.2) is 0 Å². The van der Waals surface area contributed by atoms with Crippen molar-refractivity contribution in [2.24, 2.45) is 10.5 Å². The second-order valence-corrected chi connectivity index (χ2v) is 9.12. The molecule has 1 heterocycles. The fourth-order valence-corrected chi connectivity index (χ4v) is 3.26. The lowest BCUT2D eigenvalue weighted by atomic mass is 9.98. The van der Waals surface area contributed by atoms with Crippen LogP contribution in [0.3, 0.4) is 0 Å². The Kier molecular flexibility index (Phi) is 6.54. The first-order chi connectivity index (χ1) is 14.6. The van der Waals surface area contributed by atoms with Crippen molar-refractivity contribution in [1.82, 2.24) is 9.66 Å². The molecule has 0 N–H and O–H groups in total. The van der Waals surface area contributed by atoms with Crippen molar-refractivity contribution in [2.45, 2.75) is 34.1 Å². The van der Waals surface area contributed by atoms with Crippen LogP contribution in [0, 0.1) is 15.5 Å². The van der Waals surface area contributed by atoms with Crippen molar-refractivity contribution in [3.63, 3.8) is 0 Å². The minimum absolute atomic E-state index is 0.119. The van der Waals surface area contributed by atoms with Gasteiger partial charge in [0, 0.05) is 22.5 Å². The Morgan fingerprint density at radius 1 is 1.29 bits per heavy atom. The molecule has 0 spiro atoms. The summed E-state index contributed by atoms with van der Waals surface area (Å²) in [6, 6.07) is 9.89. The first kappa shape index (κ1) is 22.6. The molecule has 0 unspecified atom stereocenters. The van der Waals surface area contributed by atoms with Crippen molar-refractivity contribution in [3.8, 4) is 5.75 Å². The molecule has 0 radical (unpaired) electrons. The molecule has 0 bridgehead atoms. The highest BCUT2D eigenvalue weighted by Gasteiger charge is 2.21.